The summed E-state index contributed by atoms with van der Waals surface area (Å²) in [6.07, 6.45) is 3.75. The molecule has 0 radical (unpaired) electrons. The van der Waals surface area contributed by atoms with Crippen molar-refractivity contribution < 1.29 is 9.26 Å². The van der Waals surface area contributed by atoms with Crippen LogP contribution in [-0.2, 0) is 12.0 Å². The number of aromatic nitrogens is 2. The number of nitrogens with two attached hydrogens (primary N) is 1. The standard InChI is InChI=1S/C16H21N3O2/c1-11(12-4-6-13(20-2)7-5-12)10-14-18-15(19-21-14)16(17)8-3-9-16/h4-7,11H,3,8-10,17H2,1-2H3. The average molecular weight is 287 g/mol. The van der Waals surface area contributed by atoms with E-state index in [0.717, 1.165) is 31.4 Å². The van der Waals surface area contributed by atoms with Crippen molar-refractivity contribution in [2.45, 2.75) is 44.1 Å². The molecule has 5 heteroatoms. The number of hydrogen-bond acceptors (Lipinski definition) is 5. The second-order valence-electron chi connectivity index (χ2n) is 5.90. The summed E-state index contributed by atoms with van der Waals surface area (Å²) in [4.78, 5) is 4.48. The number of nitrogens with zero attached hydrogens (tertiary/aromatic N) is 2. The maximum absolute atomic E-state index is 6.21. The molecule has 0 saturated heterocycles. The molecule has 2 N–H and O–H groups in total. The SMILES string of the molecule is COc1ccc(C(C)Cc2nc(C3(N)CCC3)no2)cc1. The van der Waals surface area contributed by atoms with E-state index in [4.69, 9.17) is 15.0 Å². The lowest BCUT2D eigenvalue weighted by molar-refractivity contribution is 0.229. The zero-order chi connectivity index (χ0) is 14.9. The molecule has 1 saturated carbocycles. The van der Waals surface area contributed by atoms with E-state index in [0.29, 0.717) is 17.6 Å². The Bertz CT molecular complexity index is 602. The van der Waals surface area contributed by atoms with Crippen molar-refractivity contribution in [2.75, 3.05) is 7.11 Å². The Balaban J connectivity index is 1.68. The van der Waals surface area contributed by atoms with E-state index < -0.39 is 0 Å². The lowest BCUT2D eigenvalue weighted by atomic mass is 9.77. The molecule has 1 unspecified atom stereocenters. The van der Waals surface area contributed by atoms with Crippen LogP contribution in [-0.4, -0.2) is 17.3 Å². The topological polar surface area (TPSA) is 74.2 Å². The molecule has 1 aliphatic rings. The Labute approximate surface area is 124 Å². The van der Waals surface area contributed by atoms with Gasteiger partial charge in [0, 0.05) is 6.42 Å². The highest BCUT2D eigenvalue weighted by Crippen LogP contribution is 2.37. The second kappa shape index (κ2) is 5.48. The van der Waals surface area contributed by atoms with Gasteiger partial charge in [-0.2, -0.15) is 4.98 Å². The first-order chi connectivity index (χ1) is 10.1. The summed E-state index contributed by atoms with van der Waals surface area (Å²) >= 11 is 0. The van der Waals surface area contributed by atoms with Gasteiger partial charge in [0.15, 0.2) is 5.82 Å². The van der Waals surface area contributed by atoms with Crippen molar-refractivity contribution in [1.29, 1.82) is 0 Å². The summed E-state index contributed by atoms with van der Waals surface area (Å²) in [5.41, 5.74) is 7.08. The summed E-state index contributed by atoms with van der Waals surface area (Å²) in [5, 5.41) is 4.05. The van der Waals surface area contributed by atoms with Crippen LogP contribution in [0.2, 0.25) is 0 Å². The monoisotopic (exact) mass is 287 g/mol. The number of rotatable bonds is 5. The average Bonchev–Trinajstić information content (AvgIpc) is 2.93. The summed E-state index contributed by atoms with van der Waals surface area (Å²) in [5.74, 6) is 2.48. The predicted octanol–water partition coefficient (Wildman–Crippen LogP) is 2.76. The molecular weight excluding hydrogens is 266 g/mol. The van der Waals surface area contributed by atoms with Gasteiger partial charge in [-0.25, -0.2) is 0 Å². The van der Waals surface area contributed by atoms with Crippen LogP contribution in [0.5, 0.6) is 5.75 Å². The van der Waals surface area contributed by atoms with Gasteiger partial charge in [-0.05, 0) is 42.9 Å². The summed E-state index contributed by atoms with van der Waals surface area (Å²) in [7, 11) is 1.67. The molecule has 0 amide bonds. The van der Waals surface area contributed by atoms with E-state index in [1.165, 1.54) is 5.56 Å². The van der Waals surface area contributed by atoms with Crippen molar-refractivity contribution in [3.05, 3.63) is 41.5 Å². The molecule has 1 atom stereocenters. The second-order valence-corrected chi connectivity index (χ2v) is 5.90. The Morgan fingerprint density at radius 1 is 1.33 bits per heavy atom. The molecule has 0 spiro atoms. The quantitative estimate of drug-likeness (QED) is 0.915. The zero-order valence-corrected chi connectivity index (χ0v) is 12.5. The molecule has 2 aromatic rings. The van der Waals surface area contributed by atoms with Gasteiger partial charge in [0.2, 0.25) is 5.89 Å². The van der Waals surface area contributed by atoms with Crippen LogP contribution in [0, 0.1) is 0 Å². The number of hydrogen-bond donors (Lipinski definition) is 1. The highest BCUT2D eigenvalue weighted by molar-refractivity contribution is 5.29. The normalized spacial score (nSPS) is 18.0. The molecule has 21 heavy (non-hydrogen) atoms. The molecule has 1 fully saturated rings. The molecule has 1 aliphatic carbocycles. The molecule has 1 aromatic carbocycles. The first-order valence-electron chi connectivity index (χ1n) is 7.36. The van der Waals surface area contributed by atoms with E-state index in [2.05, 4.69) is 29.2 Å². The van der Waals surface area contributed by atoms with E-state index in [-0.39, 0.29) is 5.54 Å². The number of methoxy groups -OCH3 is 1. The predicted molar refractivity (Wildman–Crippen MR) is 79.1 cm³/mol. The van der Waals surface area contributed by atoms with Gasteiger partial charge < -0.3 is 15.0 Å². The highest BCUT2D eigenvalue weighted by Gasteiger charge is 2.39. The molecule has 3 rings (SSSR count). The van der Waals surface area contributed by atoms with Gasteiger partial charge in [-0.15, -0.1) is 0 Å². The summed E-state index contributed by atoms with van der Waals surface area (Å²) < 4.78 is 10.5. The maximum atomic E-state index is 6.21. The van der Waals surface area contributed by atoms with Crippen molar-refractivity contribution >= 4 is 0 Å². The minimum Gasteiger partial charge on any atom is -0.497 e. The van der Waals surface area contributed by atoms with Crippen LogP contribution in [0.4, 0.5) is 0 Å². The van der Waals surface area contributed by atoms with E-state index >= 15 is 0 Å². The fourth-order valence-electron chi connectivity index (χ4n) is 2.63. The van der Waals surface area contributed by atoms with Crippen LogP contribution in [0.1, 0.15) is 49.4 Å². The van der Waals surface area contributed by atoms with E-state index in [1.807, 2.05) is 12.1 Å². The zero-order valence-electron chi connectivity index (χ0n) is 12.5. The number of benzene rings is 1. The Morgan fingerprint density at radius 2 is 2.05 bits per heavy atom. The molecule has 112 valence electrons. The maximum Gasteiger partial charge on any atom is 0.227 e. The smallest absolute Gasteiger partial charge is 0.227 e. The molecule has 5 nitrogen and oxygen atoms in total. The Kier molecular flexibility index (Phi) is 3.68. The fraction of sp³-hybridized carbons (Fsp3) is 0.500. The largest absolute Gasteiger partial charge is 0.497 e. The molecule has 1 aromatic heterocycles. The third-order valence-electron chi connectivity index (χ3n) is 4.32. The molecule has 0 bridgehead atoms. The lowest BCUT2D eigenvalue weighted by Gasteiger charge is -2.34. The van der Waals surface area contributed by atoms with Gasteiger partial charge in [-0.1, -0.05) is 24.2 Å². The van der Waals surface area contributed by atoms with Crippen LogP contribution in [0.25, 0.3) is 0 Å². The van der Waals surface area contributed by atoms with Gasteiger partial charge in [0.25, 0.3) is 0 Å². The summed E-state index contributed by atoms with van der Waals surface area (Å²) in [6, 6.07) is 8.07. The third-order valence-corrected chi connectivity index (χ3v) is 4.32. The van der Waals surface area contributed by atoms with Crippen LogP contribution < -0.4 is 10.5 Å². The van der Waals surface area contributed by atoms with Crippen molar-refractivity contribution in [3.63, 3.8) is 0 Å². The third kappa shape index (κ3) is 2.78. The van der Waals surface area contributed by atoms with Crippen LogP contribution in [0.3, 0.4) is 0 Å². The fourth-order valence-corrected chi connectivity index (χ4v) is 2.63. The molecule has 1 heterocycles. The highest BCUT2D eigenvalue weighted by atomic mass is 16.5. The Morgan fingerprint density at radius 3 is 2.62 bits per heavy atom. The molecule has 0 aliphatic heterocycles. The van der Waals surface area contributed by atoms with E-state index in [9.17, 15) is 0 Å². The van der Waals surface area contributed by atoms with Gasteiger partial charge in [-0.3, -0.25) is 0 Å². The minimum atomic E-state index is -0.356. The van der Waals surface area contributed by atoms with Gasteiger partial charge in [0.05, 0.1) is 12.6 Å². The lowest BCUT2D eigenvalue weighted by Crippen LogP contribution is -2.44. The summed E-state index contributed by atoms with van der Waals surface area (Å²) in [6.45, 7) is 2.15. The van der Waals surface area contributed by atoms with Crippen LogP contribution in [0.15, 0.2) is 28.8 Å². The first kappa shape index (κ1) is 14.1. The Hall–Kier alpha value is -1.88. The molecular formula is C16H21N3O2. The van der Waals surface area contributed by atoms with E-state index in [1.54, 1.807) is 7.11 Å². The van der Waals surface area contributed by atoms with Crippen molar-refractivity contribution in [2.24, 2.45) is 5.73 Å². The number of ether oxygens (including phenoxy) is 1. The minimum absolute atomic E-state index is 0.305. The van der Waals surface area contributed by atoms with Gasteiger partial charge in [0.1, 0.15) is 5.75 Å². The van der Waals surface area contributed by atoms with Crippen molar-refractivity contribution in [3.8, 4) is 5.75 Å². The van der Waals surface area contributed by atoms with Crippen LogP contribution >= 0.6 is 0 Å². The first-order valence-corrected chi connectivity index (χ1v) is 7.36. The van der Waals surface area contributed by atoms with Gasteiger partial charge >= 0.3 is 0 Å². The van der Waals surface area contributed by atoms with Crippen molar-refractivity contribution in [1.82, 2.24) is 10.1 Å².